The summed E-state index contributed by atoms with van der Waals surface area (Å²) in [5.41, 5.74) is 0.588. The molecule has 0 bridgehead atoms. The first kappa shape index (κ1) is 16.6. The quantitative estimate of drug-likeness (QED) is 0.581. The summed E-state index contributed by atoms with van der Waals surface area (Å²) in [6.07, 6.45) is 0.732. The van der Waals surface area contributed by atoms with Gasteiger partial charge in [0.15, 0.2) is 0 Å². The fraction of sp³-hybridized carbons (Fsp3) is 0.429. The van der Waals surface area contributed by atoms with Crippen molar-refractivity contribution in [3.8, 4) is 6.07 Å². The van der Waals surface area contributed by atoms with E-state index in [1.165, 1.54) is 24.3 Å². The van der Waals surface area contributed by atoms with Crippen LogP contribution in [0.15, 0.2) is 24.3 Å². The van der Waals surface area contributed by atoms with Gasteiger partial charge in [-0.15, -0.1) is 0 Å². The Hall–Kier alpha value is -2.46. The van der Waals surface area contributed by atoms with Crippen LogP contribution in [0.1, 0.15) is 31.4 Å². The van der Waals surface area contributed by atoms with E-state index in [1.807, 2.05) is 6.92 Å². The highest BCUT2D eigenvalue weighted by atomic mass is 16.6. The SMILES string of the molecule is CCCN(CCC(=O)O)C(C#N)c1ccc([N+](=O)[O-])cc1. The predicted molar refractivity (Wildman–Crippen MR) is 75.6 cm³/mol. The minimum atomic E-state index is -0.920. The van der Waals surface area contributed by atoms with Gasteiger partial charge in [0.25, 0.3) is 5.69 Å². The average molecular weight is 291 g/mol. The van der Waals surface area contributed by atoms with E-state index in [-0.39, 0.29) is 18.7 Å². The van der Waals surface area contributed by atoms with Gasteiger partial charge in [-0.1, -0.05) is 6.92 Å². The fourth-order valence-electron chi connectivity index (χ4n) is 2.04. The number of non-ortho nitro benzene ring substituents is 1. The van der Waals surface area contributed by atoms with Gasteiger partial charge < -0.3 is 5.11 Å². The minimum Gasteiger partial charge on any atom is -0.481 e. The van der Waals surface area contributed by atoms with Crippen molar-refractivity contribution in [1.82, 2.24) is 4.90 Å². The zero-order valence-corrected chi connectivity index (χ0v) is 11.7. The number of nitro benzene ring substituents is 1. The van der Waals surface area contributed by atoms with E-state index in [0.29, 0.717) is 12.1 Å². The van der Waals surface area contributed by atoms with Gasteiger partial charge in [0.1, 0.15) is 6.04 Å². The lowest BCUT2D eigenvalue weighted by atomic mass is 10.1. The maximum Gasteiger partial charge on any atom is 0.304 e. The van der Waals surface area contributed by atoms with E-state index < -0.39 is 16.9 Å². The van der Waals surface area contributed by atoms with Crippen LogP contribution in [0.5, 0.6) is 0 Å². The molecule has 0 aliphatic carbocycles. The molecule has 112 valence electrons. The van der Waals surface area contributed by atoms with Crippen LogP contribution in [0.4, 0.5) is 5.69 Å². The van der Waals surface area contributed by atoms with Crippen molar-refractivity contribution in [2.24, 2.45) is 0 Å². The van der Waals surface area contributed by atoms with Crippen molar-refractivity contribution < 1.29 is 14.8 Å². The number of nitrogens with zero attached hydrogens (tertiary/aromatic N) is 3. The van der Waals surface area contributed by atoms with Crippen LogP contribution in [0, 0.1) is 21.4 Å². The molecule has 1 rings (SSSR count). The predicted octanol–water partition coefficient (Wildman–Crippen LogP) is 2.35. The minimum absolute atomic E-state index is 0.0389. The summed E-state index contributed by atoms with van der Waals surface area (Å²) >= 11 is 0. The third-order valence-electron chi connectivity index (χ3n) is 3.03. The maximum atomic E-state index is 10.7. The smallest absolute Gasteiger partial charge is 0.304 e. The zero-order valence-electron chi connectivity index (χ0n) is 11.7. The Kier molecular flexibility index (Phi) is 6.30. The second-order valence-electron chi connectivity index (χ2n) is 4.56. The van der Waals surface area contributed by atoms with Crippen LogP contribution in [-0.4, -0.2) is 34.0 Å². The van der Waals surface area contributed by atoms with Crippen molar-refractivity contribution >= 4 is 11.7 Å². The molecular formula is C14H17N3O4. The van der Waals surface area contributed by atoms with Crippen molar-refractivity contribution in [1.29, 1.82) is 5.26 Å². The Labute approximate surface area is 122 Å². The van der Waals surface area contributed by atoms with Gasteiger partial charge in [-0.2, -0.15) is 5.26 Å². The molecule has 0 aliphatic rings. The van der Waals surface area contributed by atoms with Crippen molar-refractivity contribution in [3.63, 3.8) is 0 Å². The van der Waals surface area contributed by atoms with Gasteiger partial charge >= 0.3 is 5.97 Å². The molecule has 0 spiro atoms. The normalized spacial score (nSPS) is 11.9. The number of nitriles is 1. The topological polar surface area (TPSA) is 107 Å². The molecule has 7 heteroatoms. The number of hydrogen-bond donors (Lipinski definition) is 1. The Morgan fingerprint density at radius 3 is 2.48 bits per heavy atom. The highest BCUT2D eigenvalue weighted by Gasteiger charge is 2.20. The van der Waals surface area contributed by atoms with Crippen LogP contribution in [0.3, 0.4) is 0 Å². The van der Waals surface area contributed by atoms with Gasteiger partial charge in [0.05, 0.1) is 17.4 Å². The number of nitro groups is 1. The average Bonchev–Trinajstić information content (AvgIpc) is 2.46. The summed E-state index contributed by atoms with van der Waals surface area (Å²) in [5.74, 6) is -0.920. The van der Waals surface area contributed by atoms with E-state index in [1.54, 1.807) is 4.90 Å². The lowest BCUT2D eigenvalue weighted by Crippen LogP contribution is -2.31. The number of rotatable bonds is 8. The molecule has 0 saturated carbocycles. The first-order valence-electron chi connectivity index (χ1n) is 6.59. The van der Waals surface area contributed by atoms with E-state index in [2.05, 4.69) is 6.07 Å². The Bertz CT molecular complexity index is 536. The van der Waals surface area contributed by atoms with Crippen molar-refractivity contribution in [2.45, 2.75) is 25.8 Å². The zero-order chi connectivity index (χ0) is 15.8. The molecule has 0 radical (unpaired) electrons. The molecule has 1 aromatic carbocycles. The third-order valence-corrected chi connectivity index (χ3v) is 3.03. The van der Waals surface area contributed by atoms with Gasteiger partial charge in [-0.3, -0.25) is 19.8 Å². The summed E-state index contributed by atoms with van der Waals surface area (Å²) in [7, 11) is 0. The number of aliphatic carboxylic acids is 1. The molecule has 1 unspecified atom stereocenters. The van der Waals surface area contributed by atoms with Gasteiger partial charge in [0.2, 0.25) is 0 Å². The number of hydrogen-bond acceptors (Lipinski definition) is 5. The Balaban J connectivity index is 2.93. The van der Waals surface area contributed by atoms with Gasteiger partial charge in [-0.05, 0) is 30.7 Å². The third kappa shape index (κ3) is 4.85. The van der Waals surface area contributed by atoms with Crippen molar-refractivity contribution in [3.05, 3.63) is 39.9 Å². The number of carboxylic acid groups (broad SMARTS) is 1. The largest absolute Gasteiger partial charge is 0.481 e. The van der Waals surface area contributed by atoms with E-state index >= 15 is 0 Å². The Morgan fingerprint density at radius 2 is 2.05 bits per heavy atom. The molecule has 1 N–H and O–H groups in total. The maximum absolute atomic E-state index is 10.7. The van der Waals surface area contributed by atoms with Crippen LogP contribution in [0.2, 0.25) is 0 Å². The molecule has 1 atom stereocenters. The van der Waals surface area contributed by atoms with E-state index in [0.717, 1.165) is 6.42 Å². The molecule has 1 aromatic rings. The first-order valence-corrected chi connectivity index (χ1v) is 6.59. The van der Waals surface area contributed by atoms with Crippen molar-refractivity contribution in [2.75, 3.05) is 13.1 Å². The molecular weight excluding hydrogens is 274 g/mol. The van der Waals surface area contributed by atoms with Crippen LogP contribution in [0.25, 0.3) is 0 Å². The first-order chi connectivity index (χ1) is 9.99. The summed E-state index contributed by atoms with van der Waals surface area (Å²) < 4.78 is 0. The molecule has 7 nitrogen and oxygen atoms in total. The van der Waals surface area contributed by atoms with Crippen LogP contribution < -0.4 is 0 Å². The molecule has 0 amide bonds. The van der Waals surface area contributed by atoms with E-state index in [9.17, 15) is 20.2 Å². The standard InChI is InChI=1S/C14H17N3O4/c1-2-8-16(9-7-14(18)19)13(10-15)11-3-5-12(6-4-11)17(20)21/h3-6,13H,2,7-9H2,1H3,(H,18,19). The summed E-state index contributed by atoms with van der Waals surface area (Å²) in [4.78, 5) is 22.6. The molecule has 0 fully saturated rings. The summed E-state index contributed by atoms with van der Waals surface area (Å²) in [6.45, 7) is 2.79. The molecule has 21 heavy (non-hydrogen) atoms. The van der Waals surface area contributed by atoms with Gasteiger partial charge in [-0.25, -0.2) is 0 Å². The lowest BCUT2D eigenvalue weighted by Gasteiger charge is -2.26. The Morgan fingerprint density at radius 1 is 1.43 bits per heavy atom. The molecule has 0 saturated heterocycles. The molecule has 0 aliphatic heterocycles. The second kappa shape index (κ2) is 7.97. The molecule has 0 heterocycles. The van der Waals surface area contributed by atoms with Crippen LogP contribution in [-0.2, 0) is 4.79 Å². The number of carbonyl (C=O) groups is 1. The monoisotopic (exact) mass is 291 g/mol. The second-order valence-corrected chi connectivity index (χ2v) is 4.56. The summed E-state index contributed by atoms with van der Waals surface area (Å²) in [6, 6.07) is 7.30. The number of carboxylic acids is 1. The highest BCUT2D eigenvalue weighted by molar-refractivity contribution is 5.66. The van der Waals surface area contributed by atoms with E-state index in [4.69, 9.17) is 5.11 Å². The summed E-state index contributed by atoms with van der Waals surface area (Å²) in [5, 5.41) is 28.7. The lowest BCUT2D eigenvalue weighted by molar-refractivity contribution is -0.384. The molecule has 0 aromatic heterocycles. The van der Waals surface area contributed by atoms with Gasteiger partial charge in [0, 0.05) is 18.7 Å². The van der Waals surface area contributed by atoms with Crippen LogP contribution >= 0.6 is 0 Å². The highest BCUT2D eigenvalue weighted by Crippen LogP contribution is 2.23. The number of benzene rings is 1. The fourth-order valence-corrected chi connectivity index (χ4v) is 2.04.